The predicted octanol–water partition coefficient (Wildman–Crippen LogP) is 1.99. The van der Waals surface area contributed by atoms with Crippen molar-refractivity contribution in [2.24, 2.45) is 0 Å². The first-order chi connectivity index (χ1) is 13.5. The van der Waals surface area contributed by atoms with Crippen molar-refractivity contribution >= 4 is 17.6 Å². The predicted molar refractivity (Wildman–Crippen MR) is 105 cm³/mol. The van der Waals surface area contributed by atoms with Crippen LogP contribution in [0.5, 0.6) is 0 Å². The minimum atomic E-state index is -0.294. The first kappa shape index (κ1) is 18.4. The van der Waals surface area contributed by atoms with Crippen LogP contribution in [0.4, 0.5) is 10.5 Å². The Labute approximate surface area is 164 Å². The van der Waals surface area contributed by atoms with Gasteiger partial charge in [0.05, 0.1) is 18.7 Å². The Balaban J connectivity index is 1.70. The molecule has 3 amide bonds. The van der Waals surface area contributed by atoms with E-state index < -0.39 is 0 Å². The summed E-state index contributed by atoms with van der Waals surface area (Å²) in [4.78, 5) is 33.4. The molecule has 7 nitrogen and oxygen atoms in total. The Hall–Kier alpha value is -2.93. The van der Waals surface area contributed by atoms with Crippen molar-refractivity contribution in [2.45, 2.75) is 37.9 Å². The zero-order valence-corrected chi connectivity index (χ0v) is 15.9. The Kier molecular flexibility index (Phi) is 4.77. The summed E-state index contributed by atoms with van der Waals surface area (Å²) < 4.78 is 0. The highest BCUT2D eigenvalue weighted by Gasteiger charge is 2.55. The molecule has 2 aromatic rings. The highest BCUT2D eigenvalue weighted by Crippen LogP contribution is 2.48. The fourth-order valence-electron chi connectivity index (χ4n) is 4.31. The van der Waals surface area contributed by atoms with Crippen molar-refractivity contribution in [3.63, 3.8) is 0 Å². The number of nitrogens with zero attached hydrogens (tertiary/aromatic N) is 3. The molecule has 2 N–H and O–H groups in total. The second kappa shape index (κ2) is 7.24. The number of hydrogen-bond acceptors (Lipinski definition) is 4. The molecule has 0 saturated carbocycles. The summed E-state index contributed by atoms with van der Waals surface area (Å²) in [6.07, 6.45) is 1.60. The first-order valence-corrected chi connectivity index (χ1v) is 9.54. The van der Waals surface area contributed by atoms with Gasteiger partial charge in [-0.15, -0.1) is 0 Å². The summed E-state index contributed by atoms with van der Waals surface area (Å²) in [5.74, 6) is -0.185. The van der Waals surface area contributed by atoms with Crippen molar-refractivity contribution in [3.05, 3.63) is 59.9 Å². The summed E-state index contributed by atoms with van der Waals surface area (Å²) in [6.45, 7) is 4.06. The number of carbonyl (C=O) groups is 2. The number of para-hydroxylation sites is 1. The maximum Gasteiger partial charge on any atom is 0.318 e. The number of carbonyl (C=O) groups excluding carboxylic acids is 2. The average Bonchev–Trinajstić information content (AvgIpc) is 2.68. The lowest BCUT2D eigenvalue weighted by Crippen LogP contribution is -2.72. The van der Waals surface area contributed by atoms with Gasteiger partial charge in [-0.25, -0.2) is 4.79 Å². The molecule has 4 rings (SSSR count). The van der Waals surface area contributed by atoms with Crippen molar-refractivity contribution < 1.29 is 14.7 Å². The molecule has 0 radical (unpaired) electrons. The molecule has 1 aromatic heterocycles. The lowest BCUT2D eigenvalue weighted by molar-refractivity contribution is -0.00817. The number of benzene rings is 1. The van der Waals surface area contributed by atoms with Gasteiger partial charge in [-0.05, 0) is 37.6 Å². The highest BCUT2D eigenvalue weighted by molar-refractivity contribution is 6.06. The minimum Gasteiger partial charge on any atom is -0.394 e. The lowest BCUT2D eigenvalue weighted by atomic mass is 9.72. The van der Waals surface area contributed by atoms with Crippen molar-refractivity contribution in [1.82, 2.24) is 15.2 Å². The number of pyridine rings is 1. The van der Waals surface area contributed by atoms with E-state index in [2.05, 4.69) is 10.3 Å². The van der Waals surface area contributed by atoms with Gasteiger partial charge < -0.3 is 20.2 Å². The molecule has 28 heavy (non-hydrogen) atoms. The number of urea groups is 1. The molecule has 2 aliphatic rings. The highest BCUT2D eigenvalue weighted by atomic mass is 16.3. The van der Waals surface area contributed by atoms with Gasteiger partial charge >= 0.3 is 6.03 Å². The van der Waals surface area contributed by atoms with Crippen molar-refractivity contribution in [1.29, 1.82) is 0 Å². The number of amides is 3. The van der Waals surface area contributed by atoms with E-state index in [-0.39, 0.29) is 42.6 Å². The Bertz CT molecular complexity index is 886. The van der Waals surface area contributed by atoms with E-state index in [9.17, 15) is 14.7 Å². The van der Waals surface area contributed by atoms with Crippen LogP contribution in [0.1, 0.15) is 35.8 Å². The number of aliphatic hydroxyl groups excluding tert-OH is 1. The van der Waals surface area contributed by atoms with Crippen LogP contribution in [0.2, 0.25) is 0 Å². The minimum absolute atomic E-state index is 0.00638. The van der Waals surface area contributed by atoms with Crippen LogP contribution in [0.15, 0.2) is 48.7 Å². The molecule has 0 spiro atoms. The number of anilines is 1. The summed E-state index contributed by atoms with van der Waals surface area (Å²) in [6, 6.07) is 12.3. The Morgan fingerprint density at radius 1 is 1.21 bits per heavy atom. The number of hydrogen-bond donors (Lipinski definition) is 2. The zero-order chi connectivity index (χ0) is 19.8. The smallest absolute Gasteiger partial charge is 0.318 e. The number of aromatic nitrogens is 1. The summed E-state index contributed by atoms with van der Waals surface area (Å²) >= 11 is 0. The van der Waals surface area contributed by atoms with Crippen LogP contribution in [0, 0.1) is 0 Å². The van der Waals surface area contributed by atoms with E-state index in [1.165, 1.54) is 0 Å². The van der Waals surface area contributed by atoms with Crippen molar-refractivity contribution in [3.8, 4) is 0 Å². The van der Waals surface area contributed by atoms with Crippen LogP contribution in [-0.4, -0.2) is 58.2 Å². The second-order valence-electron chi connectivity index (χ2n) is 7.54. The number of likely N-dealkylation sites (tertiary alicyclic amines) is 1. The first-order valence-electron chi connectivity index (χ1n) is 9.54. The Morgan fingerprint density at radius 3 is 2.64 bits per heavy atom. The van der Waals surface area contributed by atoms with E-state index in [0.29, 0.717) is 12.2 Å². The number of fused-ring (bicyclic) bond motifs is 3. The lowest BCUT2D eigenvalue weighted by Gasteiger charge is -2.58. The molecule has 1 saturated heterocycles. The fourth-order valence-corrected chi connectivity index (χ4v) is 4.31. The van der Waals surface area contributed by atoms with Crippen molar-refractivity contribution in [2.75, 3.05) is 18.1 Å². The standard InChI is InChI=1S/C21H24N4O3/c1-13(2)23-21(28)25-17-11-24(20(27)15-8-5-6-10-22-15)16-9-4-3-7-14(16)19(17)18(25)12-26/h3-10,13,17-19,26H,11-12H2,1-2H3,(H,23,28)/t17-,18+,19+/m1/s1. The third-order valence-electron chi connectivity index (χ3n) is 5.46. The van der Waals surface area contributed by atoms with Gasteiger partial charge in [0.1, 0.15) is 5.69 Å². The van der Waals surface area contributed by atoms with Crippen LogP contribution >= 0.6 is 0 Å². The normalized spacial score (nSPS) is 22.9. The van der Waals surface area contributed by atoms with E-state index in [1.807, 2.05) is 38.1 Å². The molecule has 0 bridgehead atoms. The van der Waals surface area contributed by atoms with Gasteiger partial charge in [0.2, 0.25) is 0 Å². The molecule has 3 heterocycles. The Morgan fingerprint density at radius 2 is 1.96 bits per heavy atom. The molecule has 0 aliphatic carbocycles. The van der Waals surface area contributed by atoms with Crippen LogP contribution in [0.25, 0.3) is 0 Å². The number of rotatable bonds is 3. The third kappa shape index (κ3) is 2.92. The molecule has 0 unspecified atom stereocenters. The summed E-state index contributed by atoms with van der Waals surface area (Å²) in [7, 11) is 0. The van der Waals surface area contributed by atoms with Gasteiger partial charge in [0.15, 0.2) is 0 Å². The monoisotopic (exact) mass is 380 g/mol. The number of aliphatic hydroxyl groups is 1. The van der Waals surface area contributed by atoms with E-state index in [0.717, 1.165) is 11.3 Å². The SMILES string of the molecule is CC(C)NC(=O)N1[C@@H]2CN(C(=O)c3ccccn3)c3ccccc3[C@@H]2[C@@H]1CO. The topological polar surface area (TPSA) is 85.8 Å². The van der Waals surface area contributed by atoms with Gasteiger partial charge in [-0.2, -0.15) is 0 Å². The van der Waals surface area contributed by atoms with Gasteiger partial charge in [0.25, 0.3) is 5.91 Å². The average molecular weight is 380 g/mol. The van der Waals surface area contributed by atoms with Gasteiger partial charge in [0, 0.05) is 30.4 Å². The van der Waals surface area contributed by atoms with E-state index >= 15 is 0 Å². The molecule has 146 valence electrons. The second-order valence-corrected chi connectivity index (χ2v) is 7.54. The molecule has 7 heteroatoms. The molecule has 2 aliphatic heterocycles. The van der Waals surface area contributed by atoms with Gasteiger partial charge in [-0.1, -0.05) is 24.3 Å². The van der Waals surface area contributed by atoms with Crippen LogP contribution < -0.4 is 10.2 Å². The quantitative estimate of drug-likeness (QED) is 0.853. The van der Waals surface area contributed by atoms with Gasteiger partial charge in [-0.3, -0.25) is 9.78 Å². The maximum atomic E-state index is 13.1. The molecule has 1 aromatic carbocycles. The largest absolute Gasteiger partial charge is 0.394 e. The molecular weight excluding hydrogens is 356 g/mol. The zero-order valence-electron chi connectivity index (χ0n) is 15.9. The molecular formula is C21H24N4O3. The fraction of sp³-hybridized carbons (Fsp3) is 0.381. The van der Waals surface area contributed by atoms with Crippen LogP contribution in [0.3, 0.4) is 0 Å². The molecule has 3 atom stereocenters. The molecule has 1 fully saturated rings. The summed E-state index contributed by atoms with van der Waals surface area (Å²) in [5, 5.41) is 12.8. The summed E-state index contributed by atoms with van der Waals surface area (Å²) in [5.41, 5.74) is 2.17. The van der Waals surface area contributed by atoms with Crippen LogP contribution in [-0.2, 0) is 0 Å². The number of nitrogens with one attached hydrogen (secondary N) is 1. The van der Waals surface area contributed by atoms with E-state index in [4.69, 9.17) is 0 Å². The third-order valence-corrected chi connectivity index (χ3v) is 5.46. The maximum absolute atomic E-state index is 13.1. The van der Waals surface area contributed by atoms with E-state index in [1.54, 1.807) is 34.2 Å².